The number of hydrogen-bond donors (Lipinski definition) is 2. The smallest absolute Gasteiger partial charge is 0.411 e. The molecule has 0 atom stereocenters. The Kier molecular flexibility index (Phi) is 3.38. The fourth-order valence-corrected chi connectivity index (χ4v) is 1.40. The highest BCUT2D eigenvalue weighted by atomic mass is 19.4. The van der Waals surface area contributed by atoms with Crippen LogP contribution in [0.1, 0.15) is 16.2 Å². The highest BCUT2D eigenvalue weighted by Crippen LogP contribution is 2.16. The number of fused-ring (bicyclic) bond motifs is 1. The van der Waals surface area contributed by atoms with Crippen LogP contribution in [-0.2, 0) is 11.3 Å². The fourth-order valence-electron chi connectivity index (χ4n) is 1.40. The lowest BCUT2D eigenvalue weighted by Gasteiger charge is -2.05. The van der Waals surface area contributed by atoms with Crippen molar-refractivity contribution < 1.29 is 27.8 Å². The van der Waals surface area contributed by atoms with Crippen molar-refractivity contribution in [2.75, 3.05) is 6.61 Å². The number of aromatic amines is 1. The van der Waals surface area contributed by atoms with E-state index in [1.165, 1.54) is 6.07 Å². The molecule has 0 fully saturated rings. The van der Waals surface area contributed by atoms with Gasteiger partial charge in [-0.3, -0.25) is 0 Å². The molecule has 0 radical (unpaired) electrons. The molecule has 0 unspecified atom stereocenters. The zero-order chi connectivity index (χ0) is 14.0. The highest BCUT2D eigenvalue weighted by Gasteiger charge is 2.27. The lowest BCUT2D eigenvalue weighted by molar-refractivity contribution is -0.177. The third kappa shape index (κ3) is 3.41. The van der Waals surface area contributed by atoms with Crippen LogP contribution < -0.4 is 0 Å². The Hall–Kier alpha value is -2.16. The average Bonchev–Trinajstić information content (AvgIpc) is 2.68. The summed E-state index contributed by atoms with van der Waals surface area (Å²) in [5.74, 6) is -1.01. The van der Waals surface area contributed by atoms with Crippen LogP contribution in [-0.4, -0.2) is 38.8 Å². The van der Waals surface area contributed by atoms with E-state index in [0.29, 0.717) is 5.52 Å². The molecule has 0 aliphatic rings. The van der Waals surface area contributed by atoms with Crippen LogP contribution in [0, 0.1) is 0 Å². The van der Waals surface area contributed by atoms with E-state index in [9.17, 15) is 18.0 Å². The molecule has 2 aromatic heterocycles. The molecule has 2 N–H and O–H groups in total. The summed E-state index contributed by atoms with van der Waals surface area (Å²) in [6, 6.07) is 1.30. The van der Waals surface area contributed by atoms with Crippen LogP contribution in [0.4, 0.5) is 13.2 Å². The molecule has 2 rings (SSSR count). The first-order valence-corrected chi connectivity index (χ1v) is 5.07. The minimum atomic E-state index is -4.40. The number of ether oxygens (including phenoxy) is 1. The van der Waals surface area contributed by atoms with Gasteiger partial charge in [0.05, 0.1) is 11.1 Å². The van der Waals surface area contributed by atoms with Crippen LogP contribution in [0.5, 0.6) is 0 Å². The number of hydrogen-bond acceptors (Lipinski definition) is 4. The Morgan fingerprint density at radius 2 is 2.21 bits per heavy atom. The van der Waals surface area contributed by atoms with Gasteiger partial charge >= 0.3 is 12.1 Å². The molecule has 0 saturated carbocycles. The zero-order valence-corrected chi connectivity index (χ0v) is 9.36. The number of H-pyrrole nitrogens is 1. The Morgan fingerprint density at radius 1 is 1.47 bits per heavy atom. The Morgan fingerprint density at radius 3 is 2.84 bits per heavy atom. The van der Waals surface area contributed by atoms with E-state index in [1.54, 1.807) is 0 Å². The molecule has 6 nitrogen and oxygen atoms in total. The maximum Gasteiger partial charge on any atom is 0.411 e. The summed E-state index contributed by atoms with van der Waals surface area (Å²) in [4.78, 5) is 21.0. The minimum absolute atomic E-state index is 0.0427. The van der Waals surface area contributed by atoms with Gasteiger partial charge in [0, 0.05) is 6.20 Å². The number of carboxylic acids is 1. The molecule has 0 aliphatic heterocycles. The molecule has 0 saturated heterocycles. The van der Waals surface area contributed by atoms with Crippen molar-refractivity contribution in [2.45, 2.75) is 12.8 Å². The Labute approximate surface area is 104 Å². The quantitative estimate of drug-likeness (QED) is 0.887. The van der Waals surface area contributed by atoms with Crippen LogP contribution in [0.2, 0.25) is 0 Å². The molecule has 102 valence electrons. The van der Waals surface area contributed by atoms with Gasteiger partial charge < -0.3 is 14.8 Å². The fraction of sp³-hybridized carbons (Fsp3) is 0.300. The number of imidazole rings is 1. The number of halogens is 3. The van der Waals surface area contributed by atoms with Gasteiger partial charge in [0.2, 0.25) is 0 Å². The molecule has 0 aromatic carbocycles. The summed E-state index contributed by atoms with van der Waals surface area (Å²) in [7, 11) is 0. The number of pyridine rings is 1. The topological polar surface area (TPSA) is 88.1 Å². The normalized spacial score (nSPS) is 11.9. The number of nitrogens with one attached hydrogen (secondary N) is 1. The number of alkyl halides is 3. The van der Waals surface area contributed by atoms with Gasteiger partial charge in [0.1, 0.15) is 19.0 Å². The third-order valence-corrected chi connectivity index (χ3v) is 2.14. The van der Waals surface area contributed by atoms with Gasteiger partial charge in [0.15, 0.2) is 5.65 Å². The van der Waals surface area contributed by atoms with Crippen molar-refractivity contribution >= 4 is 17.1 Å². The summed E-state index contributed by atoms with van der Waals surface area (Å²) in [6.07, 6.45) is -3.29. The number of nitrogens with zero attached hydrogens (tertiary/aromatic N) is 2. The van der Waals surface area contributed by atoms with Crippen molar-refractivity contribution in [2.24, 2.45) is 0 Å². The molecule has 0 bridgehead atoms. The largest absolute Gasteiger partial charge is 0.478 e. The first-order chi connectivity index (χ1) is 8.85. The van der Waals surface area contributed by atoms with E-state index < -0.39 is 18.8 Å². The summed E-state index contributed by atoms with van der Waals surface area (Å²) in [5.41, 5.74) is 0.500. The highest BCUT2D eigenvalue weighted by molar-refractivity contribution is 5.90. The van der Waals surface area contributed by atoms with Crippen LogP contribution in [0.3, 0.4) is 0 Å². The predicted molar refractivity (Wildman–Crippen MR) is 56.6 cm³/mol. The van der Waals surface area contributed by atoms with Crippen LogP contribution in [0.15, 0.2) is 12.3 Å². The lowest BCUT2D eigenvalue weighted by Crippen LogP contribution is -2.16. The van der Waals surface area contributed by atoms with Gasteiger partial charge in [-0.15, -0.1) is 0 Å². The minimum Gasteiger partial charge on any atom is -0.478 e. The average molecular weight is 275 g/mol. The summed E-state index contributed by atoms with van der Waals surface area (Å²) in [6.45, 7) is -1.74. The van der Waals surface area contributed by atoms with Crippen molar-refractivity contribution in [1.82, 2.24) is 15.0 Å². The van der Waals surface area contributed by atoms with E-state index in [2.05, 4.69) is 19.7 Å². The standard InChI is InChI=1S/C10H8F3N3O3/c11-10(12,13)4-19-3-7-15-6-1-5(9(17)18)2-14-8(6)16-7/h1-2H,3-4H2,(H,17,18)(H,14,15,16). The molecular weight excluding hydrogens is 267 g/mol. The number of rotatable bonds is 4. The van der Waals surface area contributed by atoms with Gasteiger partial charge in [-0.25, -0.2) is 14.8 Å². The SMILES string of the molecule is O=C(O)c1cnc2nc(COCC(F)(F)F)[nH]c2c1. The van der Waals surface area contributed by atoms with Crippen molar-refractivity contribution in [3.63, 3.8) is 0 Å². The van der Waals surface area contributed by atoms with E-state index in [1.807, 2.05) is 0 Å². The molecule has 2 heterocycles. The second kappa shape index (κ2) is 4.84. The third-order valence-electron chi connectivity index (χ3n) is 2.14. The molecule has 19 heavy (non-hydrogen) atoms. The van der Waals surface area contributed by atoms with Gasteiger partial charge in [-0.2, -0.15) is 13.2 Å². The molecule has 0 amide bonds. The zero-order valence-electron chi connectivity index (χ0n) is 9.36. The van der Waals surface area contributed by atoms with Crippen LogP contribution >= 0.6 is 0 Å². The van der Waals surface area contributed by atoms with Crippen molar-refractivity contribution in [1.29, 1.82) is 0 Å². The van der Waals surface area contributed by atoms with Crippen molar-refractivity contribution in [3.05, 3.63) is 23.7 Å². The molecule has 2 aromatic rings. The van der Waals surface area contributed by atoms with Crippen molar-refractivity contribution in [3.8, 4) is 0 Å². The van der Waals surface area contributed by atoms with Gasteiger partial charge in [-0.1, -0.05) is 0 Å². The monoisotopic (exact) mass is 275 g/mol. The summed E-state index contributed by atoms with van der Waals surface area (Å²) in [5, 5.41) is 8.76. The summed E-state index contributed by atoms with van der Waals surface area (Å²) >= 11 is 0. The van der Waals surface area contributed by atoms with E-state index in [4.69, 9.17) is 5.11 Å². The van der Waals surface area contributed by atoms with Gasteiger partial charge in [-0.05, 0) is 6.07 Å². The number of aromatic carboxylic acids is 1. The maximum absolute atomic E-state index is 11.9. The molecule has 0 spiro atoms. The Bertz CT molecular complexity index is 609. The summed E-state index contributed by atoms with van der Waals surface area (Å²) < 4.78 is 40.0. The van der Waals surface area contributed by atoms with Gasteiger partial charge in [0.25, 0.3) is 0 Å². The number of carboxylic acid groups (broad SMARTS) is 1. The molecule has 9 heteroatoms. The second-order valence-electron chi connectivity index (χ2n) is 3.69. The lowest BCUT2D eigenvalue weighted by atomic mass is 10.3. The first kappa shape index (κ1) is 13.3. The van der Waals surface area contributed by atoms with E-state index >= 15 is 0 Å². The van der Waals surface area contributed by atoms with E-state index in [-0.39, 0.29) is 23.6 Å². The molecule has 0 aliphatic carbocycles. The predicted octanol–water partition coefficient (Wildman–Crippen LogP) is 1.73. The second-order valence-corrected chi connectivity index (χ2v) is 3.69. The van der Waals surface area contributed by atoms with Crippen LogP contribution in [0.25, 0.3) is 11.2 Å². The Balaban J connectivity index is 2.11. The number of carbonyl (C=O) groups is 1. The molecular formula is C10H8F3N3O3. The maximum atomic E-state index is 11.9. The van der Waals surface area contributed by atoms with E-state index in [0.717, 1.165) is 6.20 Å². The number of aromatic nitrogens is 3. The first-order valence-electron chi connectivity index (χ1n) is 5.07.